The molecule has 0 atom stereocenters. The molecule has 3 aliphatic rings. The first-order valence-corrected chi connectivity index (χ1v) is 13.1. The van der Waals surface area contributed by atoms with Crippen molar-refractivity contribution in [3.8, 4) is 23.5 Å². The van der Waals surface area contributed by atoms with Gasteiger partial charge in [0, 0.05) is 17.2 Å². The van der Waals surface area contributed by atoms with E-state index in [9.17, 15) is 14.7 Å². The number of hydrogen-bond acceptors (Lipinski definition) is 5. The fourth-order valence-electron chi connectivity index (χ4n) is 5.66. The maximum Gasteiger partial charge on any atom is 0.287 e. The molecule has 6 nitrogen and oxygen atoms in total. The van der Waals surface area contributed by atoms with Crippen LogP contribution in [0.25, 0.3) is 22.1 Å². The maximum absolute atomic E-state index is 13.4. The third kappa shape index (κ3) is 4.37. The lowest BCUT2D eigenvalue weighted by atomic mass is 9.75. The van der Waals surface area contributed by atoms with Crippen LogP contribution in [0.15, 0.2) is 52.9 Å². The molecule has 3 fully saturated rings. The van der Waals surface area contributed by atoms with Gasteiger partial charge in [-0.25, -0.2) is 0 Å². The van der Waals surface area contributed by atoms with Gasteiger partial charge in [-0.05, 0) is 54.5 Å². The molecule has 2 aliphatic carbocycles. The summed E-state index contributed by atoms with van der Waals surface area (Å²) in [5, 5.41) is 14.4. The summed E-state index contributed by atoms with van der Waals surface area (Å²) in [6.07, 6.45) is 11.9. The van der Waals surface area contributed by atoms with Gasteiger partial charge in [-0.15, -0.1) is 6.42 Å². The molecular weight excluding hydrogens is 466 g/mol. The minimum atomic E-state index is -0.900. The number of aliphatic hydroxyl groups is 1. The van der Waals surface area contributed by atoms with E-state index in [4.69, 9.17) is 15.6 Å². The first-order chi connectivity index (χ1) is 17.8. The molecule has 3 aromatic rings. The summed E-state index contributed by atoms with van der Waals surface area (Å²) >= 11 is 0. The van der Waals surface area contributed by atoms with E-state index in [1.54, 1.807) is 6.07 Å². The highest BCUT2D eigenvalue weighted by atomic mass is 16.5. The third-order valence-corrected chi connectivity index (χ3v) is 8.43. The summed E-state index contributed by atoms with van der Waals surface area (Å²) in [6, 6.07) is 15.3. The number of benzene rings is 2. The second kappa shape index (κ2) is 8.86. The Balaban J connectivity index is 1.22. The van der Waals surface area contributed by atoms with E-state index < -0.39 is 11.1 Å². The van der Waals surface area contributed by atoms with Gasteiger partial charge in [0.25, 0.3) is 5.91 Å². The third-order valence-electron chi connectivity index (χ3n) is 8.43. The lowest BCUT2D eigenvalue weighted by Crippen LogP contribution is -2.56. The van der Waals surface area contributed by atoms with Gasteiger partial charge in [-0.2, -0.15) is 0 Å². The van der Waals surface area contributed by atoms with Crippen LogP contribution in [0, 0.1) is 17.8 Å². The van der Waals surface area contributed by atoms with Crippen LogP contribution in [-0.2, 0) is 15.1 Å². The van der Waals surface area contributed by atoms with Crippen molar-refractivity contribution < 1.29 is 23.8 Å². The number of rotatable bonds is 7. The predicted molar refractivity (Wildman–Crippen MR) is 140 cm³/mol. The number of carbonyl (C=O) groups excluding carboxylic acids is 2. The van der Waals surface area contributed by atoms with E-state index in [2.05, 4.69) is 11.2 Å². The number of furan rings is 1. The van der Waals surface area contributed by atoms with Crippen molar-refractivity contribution >= 4 is 22.7 Å². The first-order valence-electron chi connectivity index (χ1n) is 13.1. The highest BCUT2D eigenvalue weighted by Crippen LogP contribution is 2.49. The van der Waals surface area contributed by atoms with Crippen LogP contribution < -0.4 is 5.32 Å². The highest BCUT2D eigenvalue weighted by Gasteiger charge is 2.49. The second-order valence-corrected chi connectivity index (χ2v) is 11.1. The number of carbonyl (C=O) groups is 2. The average molecular weight is 498 g/mol. The Hall–Kier alpha value is -3.40. The van der Waals surface area contributed by atoms with E-state index in [1.165, 1.54) is 0 Å². The summed E-state index contributed by atoms with van der Waals surface area (Å²) in [4.78, 5) is 26.8. The van der Waals surface area contributed by atoms with Crippen LogP contribution in [0.1, 0.15) is 67.5 Å². The summed E-state index contributed by atoms with van der Waals surface area (Å²) in [6.45, 7) is 0.625. The Labute approximate surface area is 216 Å². The number of amides is 1. The molecule has 2 heterocycles. The molecule has 0 spiro atoms. The van der Waals surface area contributed by atoms with Gasteiger partial charge < -0.3 is 19.6 Å². The summed E-state index contributed by atoms with van der Waals surface area (Å²) < 4.78 is 11.1. The number of nitrogens with one attached hydrogen (secondary N) is 1. The van der Waals surface area contributed by atoms with E-state index in [1.807, 2.05) is 42.5 Å². The topological polar surface area (TPSA) is 88.8 Å². The van der Waals surface area contributed by atoms with Crippen molar-refractivity contribution in [2.45, 2.75) is 62.5 Å². The summed E-state index contributed by atoms with van der Waals surface area (Å²) in [7, 11) is 0. The zero-order valence-electron chi connectivity index (χ0n) is 20.8. The molecule has 2 aromatic carbocycles. The predicted octanol–water partition coefficient (Wildman–Crippen LogP) is 5.12. The Kier molecular flexibility index (Phi) is 5.74. The summed E-state index contributed by atoms with van der Waals surface area (Å²) in [5.74, 6) is 2.70. The molecule has 0 radical (unpaired) electrons. The van der Waals surface area contributed by atoms with Crippen LogP contribution in [0.4, 0.5) is 0 Å². The minimum absolute atomic E-state index is 0.0518. The fraction of sp³-hybridized carbons (Fsp3) is 0.419. The summed E-state index contributed by atoms with van der Waals surface area (Å²) in [5.41, 5.74) is 1.27. The largest absolute Gasteiger partial charge is 0.451 e. The van der Waals surface area contributed by atoms with Gasteiger partial charge in [0.2, 0.25) is 0 Å². The van der Waals surface area contributed by atoms with Crippen LogP contribution in [-0.4, -0.2) is 35.5 Å². The molecule has 0 unspecified atom stereocenters. The molecule has 6 heteroatoms. The quantitative estimate of drug-likeness (QED) is 0.442. The van der Waals surface area contributed by atoms with Gasteiger partial charge in [0.1, 0.15) is 11.2 Å². The van der Waals surface area contributed by atoms with Crippen molar-refractivity contribution in [1.82, 2.24) is 5.32 Å². The van der Waals surface area contributed by atoms with E-state index in [-0.39, 0.29) is 22.9 Å². The number of fused-ring (bicyclic) bond motifs is 1. The molecule has 2 N–H and O–H groups in total. The van der Waals surface area contributed by atoms with Gasteiger partial charge in [0.05, 0.1) is 18.8 Å². The molecule has 190 valence electrons. The van der Waals surface area contributed by atoms with Gasteiger partial charge in [-0.1, -0.05) is 61.6 Å². The standard InChI is InChI=1S/C31H31NO5/c1-2-29(14-15-29)18-27(33)30(12-4-3-5-13-30)32-28(34)26-17-23-7-6-22(16-25(23)37-26)21-8-10-24(11-9-21)31(35)19-36-20-31/h1,6-11,16-17,35H,3-5,12-15,18-20H2,(H,32,34). The van der Waals surface area contributed by atoms with Crippen molar-refractivity contribution in [3.63, 3.8) is 0 Å². The number of ether oxygens (including phenoxy) is 1. The SMILES string of the molecule is C#CC1(CC(=O)C2(NC(=O)c3cc4ccc(-c5ccc(C6(O)COC6)cc5)cc4o3)CCCCC2)CC1. The van der Waals surface area contributed by atoms with E-state index in [0.717, 1.165) is 54.2 Å². The molecule has 1 aromatic heterocycles. The molecular formula is C31H31NO5. The van der Waals surface area contributed by atoms with Crippen molar-refractivity contribution in [3.05, 3.63) is 59.9 Å². The monoisotopic (exact) mass is 497 g/mol. The Morgan fingerprint density at radius 1 is 0.946 bits per heavy atom. The molecule has 1 saturated heterocycles. The van der Waals surface area contributed by atoms with Crippen molar-refractivity contribution in [1.29, 1.82) is 0 Å². The smallest absolute Gasteiger partial charge is 0.287 e. The molecule has 6 rings (SSSR count). The lowest BCUT2D eigenvalue weighted by Gasteiger charge is -2.37. The highest BCUT2D eigenvalue weighted by molar-refractivity contribution is 6.01. The minimum Gasteiger partial charge on any atom is -0.451 e. The van der Waals surface area contributed by atoms with Crippen molar-refractivity contribution in [2.24, 2.45) is 5.41 Å². The van der Waals surface area contributed by atoms with Gasteiger partial charge in [0.15, 0.2) is 11.5 Å². The average Bonchev–Trinajstić information content (AvgIpc) is 3.54. The molecule has 0 bridgehead atoms. The van der Waals surface area contributed by atoms with Crippen LogP contribution in [0.2, 0.25) is 0 Å². The Bertz CT molecular complexity index is 1400. The van der Waals surface area contributed by atoms with E-state index in [0.29, 0.717) is 38.1 Å². The zero-order valence-corrected chi connectivity index (χ0v) is 20.8. The number of hydrogen-bond donors (Lipinski definition) is 2. The van der Waals surface area contributed by atoms with Gasteiger partial charge in [-0.3, -0.25) is 9.59 Å². The van der Waals surface area contributed by atoms with Gasteiger partial charge >= 0.3 is 0 Å². The molecule has 1 amide bonds. The Morgan fingerprint density at radius 3 is 2.27 bits per heavy atom. The van der Waals surface area contributed by atoms with Crippen molar-refractivity contribution in [2.75, 3.05) is 13.2 Å². The zero-order chi connectivity index (χ0) is 25.7. The fourth-order valence-corrected chi connectivity index (χ4v) is 5.66. The first kappa shape index (κ1) is 24.0. The lowest BCUT2D eigenvalue weighted by molar-refractivity contribution is -0.184. The molecule has 1 aliphatic heterocycles. The van der Waals surface area contributed by atoms with Crippen LogP contribution in [0.3, 0.4) is 0 Å². The van der Waals surface area contributed by atoms with Crippen LogP contribution >= 0.6 is 0 Å². The number of Topliss-reactive ketones (excluding diaryl/α,β-unsaturated/α-hetero) is 1. The molecule has 2 saturated carbocycles. The Morgan fingerprint density at radius 2 is 1.65 bits per heavy atom. The van der Waals surface area contributed by atoms with Crippen LogP contribution in [0.5, 0.6) is 0 Å². The molecule has 37 heavy (non-hydrogen) atoms. The number of ketones is 1. The number of terminal acetylenes is 1. The second-order valence-electron chi connectivity index (χ2n) is 11.1. The van der Waals surface area contributed by atoms with E-state index >= 15 is 0 Å². The maximum atomic E-state index is 13.4. The normalized spacial score (nSPS) is 21.0.